The number of hydrogen-bond acceptors (Lipinski definition) is 1. The minimum Gasteiger partial charge on any atom is -0.314 e. The smallest absolute Gasteiger partial charge is 0.00386 e. The molecular formula is C14H29N. The monoisotopic (exact) mass is 211 g/mol. The van der Waals surface area contributed by atoms with Crippen LogP contribution in [-0.4, -0.2) is 12.6 Å². The summed E-state index contributed by atoms with van der Waals surface area (Å²) in [6.45, 7) is 8.27. The fourth-order valence-corrected chi connectivity index (χ4v) is 2.88. The maximum atomic E-state index is 3.62. The molecule has 0 aromatic heterocycles. The summed E-state index contributed by atoms with van der Waals surface area (Å²) in [6.07, 6.45) is 11.3. The Morgan fingerprint density at radius 1 is 1.27 bits per heavy atom. The topological polar surface area (TPSA) is 12.0 Å². The van der Waals surface area contributed by atoms with E-state index in [1.807, 2.05) is 0 Å². The second kappa shape index (κ2) is 6.52. The first-order valence-electron chi connectivity index (χ1n) is 6.90. The van der Waals surface area contributed by atoms with Crippen molar-refractivity contribution < 1.29 is 0 Å². The molecule has 1 atom stereocenters. The standard InChI is InChI=1S/C14H29N/c1-4-8-13(2)15-12-7-11-14(3)9-5-6-10-14/h13,15H,4-12H2,1-3H3. The van der Waals surface area contributed by atoms with E-state index in [0.717, 1.165) is 0 Å². The molecule has 0 aromatic rings. The van der Waals surface area contributed by atoms with E-state index in [9.17, 15) is 0 Å². The van der Waals surface area contributed by atoms with Crippen LogP contribution in [0.25, 0.3) is 0 Å². The molecule has 1 aliphatic carbocycles. The van der Waals surface area contributed by atoms with Crippen LogP contribution in [0.1, 0.15) is 72.1 Å². The van der Waals surface area contributed by atoms with Crippen molar-refractivity contribution in [2.45, 2.75) is 78.2 Å². The van der Waals surface area contributed by atoms with Crippen LogP contribution in [0.2, 0.25) is 0 Å². The third-order valence-electron chi connectivity index (χ3n) is 3.98. The highest BCUT2D eigenvalue weighted by Gasteiger charge is 2.27. The summed E-state index contributed by atoms with van der Waals surface area (Å²) >= 11 is 0. The van der Waals surface area contributed by atoms with Gasteiger partial charge in [-0.3, -0.25) is 0 Å². The Morgan fingerprint density at radius 2 is 1.93 bits per heavy atom. The van der Waals surface area contributed by atoms with Gasteiger partial charge in [-0.1, -0.05) is 33.1 Å². The molecule has 1 nitrogen and oxygen atoms in total. The van der Waals surface area contributed by atoms with Crippen molar-refractivity contribution in [1.29, 1.82) is 0 Å². The summed E-state index contributed by atoms with van der Waals surface area (Å²) in [5, 5.41) is 3.62. The lowest BCUT2D eigenvalue weighted by Gasteiger charge is -2.23. The van der Waals surface area contributed by atoms with Gasteiger partial charge in [-0.2, -0.15) is 0 Å². The summed E-state index contributed by atoms with van der Waals surface area (Å²) in [4.78, 5) is 0. The van der Waals surface area contributed by atoms with Crippen molar-refractivity contribution in [3.8, 4) is 0 Å². The molecule has 0 heterocycles. The first-order chi connectivity index (χ1) is 7.16. The Labute approximate surface area is 96.0 Å². The van der Waals surface area contributed by atoms with Gasteiger partial charge in [0.1, 0.15) is 0 Å². The van der Waals surface area contributed by atoms with E-state index in [1.165, 1.54) is 57.9 Å². The molecule has 0 amide bonds. The third kappa shape index (κ3) is 5.01. The quantitative estimate of drug-likeness (QED) is 0.624. The Morgan fingerprint density at radius 3 is 2.53 bits per heavy atom. The number of rotatable bonds is 7. The zero-order valence-electron chi connectivity index (χ0n) is 10.9. The molecule has 0 saturated heterocycles. The lowest BCUT2D eigenvalue weighted by atomic mass is 9.84. The van der Waals surface area contributed by atoms with Crippen LogP contribution in [0, 0.1) is 5.41 Å². The lowest BCUT2D eigenvalue weighted by Crippen LogP contribution is -2.27. The first-order valence-corrected chi connectivity index (χ1v) is 6.90. The average Bonchev–Trinajstić information content (AvgIpc) is 2.61. The van der Waals surface area contributed by atoms with Crippen LogP contribution in [0.5, 0.6) is 0 Å². The second-order valence-corrected chi connectivity index (χ2v) is 5.77. The molecule has 0 aliphatic heterocycles. The van der Waals surface area contributed by atoms with E-state index >= 15 is 0 Å². The molecule has 0 aromatic carbocycles. The lowest BCUT2D eigenvalue weighted by molar-refractivity contribution is 0.294. The van der Waals surface area contributed by atoms with Gasteiger partial charge in [0.25, 0.3) is 0 Å². The van der Waals surface area contributed by atoms with Crippen LogP contribution >= 0.6 is 0 Å². The summed E-state index contributed by atoms with van der Waals surface area (Å²) in [7, 11) is 0. The van der Waals surface area contributed by atoms with E-state index in [-0.39, 0.29) is 0 Å². The Kier molecular flexibility index (Phi) is 5.66. The third-order valence-corrected chi connectivity index (χ3v) is 3.98. The zero-order chi connectivity index (χ0) is 11.1. The van der Waals surface area contributed by atoms with Gasteiger partial charge in [0.15, 0.2) is 0 Å². The molecule has 15 heavy (non-hydrogen) atoms. The SMILES string of the molecule is CCCC(C)NCCCC1(C)CCCC1. The summed E-state index contributed by atoms with van der Waals surface area (Å²) < 4.78 is 0. The van der Waals surface area contributed by atoms with E-state index < -0.39 is 0 Å². The predicted molar refractivity (Wildman–Crippen MR) is 68.2 cm³/mol. The molecule has 1 aliphatic rings. The van der Waals surface area contributed by atoms with Crippen molar-refractivity contribution >= 4 is 0 Å². The Balaban J connectivity index is 2.01. The van der Waals surface area contributed by atoms with Gasteiger partial charge >= 0.3 is 0 Å². The molecule has 1 N–H and O–H groups in total. The molecule has 0 bridgehead atoms. The average molecular weight is 211 g/mol. The van der Waals surface area contributed by atoms with Gasteiger partial charge in [-0.05, 0) is 51.0 Å². The van der Waals surface area contributed by atoms with E-state index in [1.54, 1.807) is 0 Å². The molecule has 90 valence electrons. The fourth-order valence-electron chi connectivity index (χ4n) is 2.88. The largest absolute Gasteiger partial charge is 0.314 e. The fraction of sp³-hybridized carbons (Fsp3) is 1.00. The molecule has 0 radical (unpaired) electrons. The second-order valence-electron chi connectivity index (χ2n) is 5.77. The van der Waals surface area contributed by atoms with Gasteiger partial charge in [0.2, 0.25) is 0 Å². The van der Waals surface area contributed by atoms with Gasteiger partial charge < -0.3 is 5.32 Å². The highest BCUT2D eigenvalue weighted by molar-refractivity contribution is 4.80. The molecule has 0 spiro atoms. The van der Waals surface area contributed by atoms with Crippen LogP contribution in [0.4, 0.5) is 0 Å². The molecule has 1 heteroatoms. The molecule has 1 unspecified atom stereocenters. The van der Waals surface area contributed by atoms with Gasteiger partial charge in [-0.15, -0.1) is 0 Å². The Hall–Kier alpha value is -0.0400. The van der Waals surface area contributed by atoms with Crippen molar-refractivity contribution in [2.24, 2.45) is 5.41 Å². The highest BCUT2D eigenvalue weighted by atomic mass is 14.9. The van der Waals surface area contributed by atoms with Gasteiger partial charge in [0.05, 0.1) is 0 Å². The number of hydrogen-bond donors (Lipinski definition) is 1. The zero-order valence-corrected chi connectivity index (χ0v) is 10.9. The molecule has 1 rings (SSSR count). The summed E-state index contributed by atoms with van der Waals surface area (Å²) in [5.41, 5.74) is 0.690. The normalized spacial score (nSPS) is 21.8. The van der Waals surface area contributed by atoms with Crippen LogP contribution < -0.4 is 5.32 Å². The molecule has 1 fully saturated rings. The maximum Gasteiger partial charge on any atom is 0.00386 e. The van der Waals surface area contributed by atoms with Crippen LogP contribution in [0.3, 0.4) is 0 Å². The van der Waals surface area contributed by atoms with E-state index in [2.05, 4.69) is 26.1 Å². The predicted octanol–water partition coefficient (Wildman–Crippen LogP) is 4.13. The van der Waals surface area contributed by atoms with Crippen molar-refractivity contribution in [1.82, 2.24) is 5.32 Å². The van der Waals surface area contributed by atoms with Crippen molar-refractivity contribution in [3.63, 3.8) is 0 Å². The molecular weight excluding hydrogens is 182 g/mol. The first kappa shape index (κ1) is 13.0. The van der Waals surface area contributed by atoms with Crippen LogP contribution in [0.15, 0.2) is 0 Å². The maximum absolute atomic E-state index is 3.62. The highest BCUT2D eigenvalue weighted by Crippen LogP contribution is 2.41. The summed E-state index contributed by atoms with van der Waals surface area (Å²) in [5.74, 6) is 0. The van der Waals surface area contributed by atoms with Crippen molar-refractivity contribution in [2.75, 3.05) is 6.54 Å². The van der Waals surface area contributed by atoms with E-state index in [4.69, 9.17) is 0 Å². The minimum absolute atomic E-state index is 0.690. The number of nitrogens with one attached hydrogen (secondary N) is 1. The van der Waals surface area contributed by atoms with Crippen LogP contribution in [-0.2, 0) is 0 Å². The van der Waals surface area contributed by atoms with Gasteiger partial charge in [-0.25, -0.2) is 0 Å². The van der Waals surface area contributed by atoms with E-state index in [0.29, 0.717) is 11.5 Å². The van der Waals surface area contributed by atoms with Crippen molar-refractivity contribution in [3.05, 3.63) is 0 Å². The Bertz CT molecular complexity index is 159. The minimum atomic E-state index is 0.690. The summed E-state index contributed by atoms with van der Waals surface area (Å²) in [6, 6.07) is 0.714. The van der Waals surface area contributed by atoms with Gasteiger partial charge in [0, 0.05) is 6.04 Å². The molecule has 1 saturated carbocycles.